The molecule has 10 heteroatoms. The molecule has 212 valence electrons. The van der Waals surface area contributed by atoms with Crippen LogP contribution in [0, 0.1) is 17.6 Å². The Kier molecular flexibility index (Phi) is 8.69. The zero-order valence-electron chi connectivity index (χ0n) is 22.5. The van der Waals surface area contributed by atoms with Gasteiger partial charge in [0.1, 0.15) is 17.3 Å². The van der Waals surface area contributed by atoms with Gasteiger partial charge in [-0.15, -0.1) is 0 Å². The van der Waals surface area contributed by atoms with Gasteiger partial charge in [-0.1, -0.05) is 18.2 Å². The van der Waals surface area contributed by atoms with Gasteiger partial charge in [-0.05, 0) is 80.2 Å². The minimum absolute atomic E-state index is 0.0599. The third kappa shape index (κ3) is 6.78. The van der Waals surface area contributed by atoms with E-state index in [4.69, 9.17) is 9.47 Å². The number of nitrogens with zero attached hydrogens (tertiary/aromatic N) is 1. The van der Waals surface area contributed by atoms with Crippen LogP contribution in [0.25, 0.3) is 10.9 Å². The number of anilines is 1. The van der Waals surface area contributed by atoms with Crippen LogP contribution in [-0.4, -0.2) is 37.0 Å². The fraction of sp³-hybridized carbons (Fsp3) is 0.258. The Hall–Kier alpha value is -4.57. The lowest BCUT2D eigenvalue weighted by atomic mass is 9.90. The Morgan fingerprint density at radius 3 is 2.49 bits per heavy atom. The first-order chi connectivity index (χ1) is 19.9. The van der Waals surface area contributed by atoms with E-state index in [0.29, 0.717) is 22.6 Å². The Labute approximate surface area is 236 Å². The summed E-state index contributed by atoms with van der Waals surface area (Å²) in [5.74, 6) is -1.62. The van der Waals surface area contributed by atoms with Gasteiger partial charge in [0.15, 0.2) is 11.6 Å². The summed E-state index contributed by atoms with van der Waals surface area (Å²) in [6.07, 6.45) is 4.69. The summed E-state index contributed by atoms with van der Waals surface area (Å²) in [5.41, 5.74) is 2.07. The number of benzene rings is 3. The van der Waals surface area contributed by atoms with E-state index in [-0.39, 0.29) is 23.5 Å². The molecule has 5 rings (SSSR count). The van der Waals surface area contributed by atoms with Crippen LogP contribution in [0.4, 0.5) is 14.5 Å². The van der Waals surface area contributed by atoms with E-state index in [0.717, 1.165) is 49.7 Å². The molecule has 1 aromatic heterocycles. The van der Waals surface area contributed by atoms with Crippen molar-refractivity contribution in [3.05, 3.63) is 89.6 Å². The fourth-order valence-electron chi connectivity index (χ4n) is 4.89. The van der Waals surface area contributed by atoms with Crippen LogP contribution in [0.15, 0.2) is 66.9 Å². The molecule has 0 aliphatic carbocycles. The van der Waals surface area contributed by atoms with Gasteiger partial charge in [0.2, 0.25) is 0 Å². The molecule has 0 spiro atoms. The summed E-state index contributed by atoms with van der Waals surface area (Å²) in [6.45, 7) is 1.85. The van der Waals surface area contributed by atoms with Gasteiger partial charge in [-0.2, -0.15) is 0 Å². The largest absolute Gasteiger partial charge is 0.496 e. The summed E-state index contributed by atoms with van der Waals surface area (Å²) >= 11 is 0. The molecule has 0 atom stereocenters. The zero-order chi connectivity index (χ0) is 28.8. The van der Waals surface area contributed by atoms with E-state index in [1.807, 2.05) is 12.1 Å². The summed E-state index contributed by atoms with van der Waals surface area (Å²) < 4.78 is 40.3. The van der Waals surface area contributed by atoms with Crippen LogP contribution < -0.4 is 25.4 Å². The maximum Gasteiger partial charge on any atom is 0.313 e. The molecule has 1 aliphatic heterocycles. The van der Waals surface area contributed by atoms with Crippen molar-refractivity contribution in [2.24, 2.45) is 5.92 Å². The number of hydrogen-bond donors (Lipinski definition) is 3. The molecule has 2 amide bonds. The van der Waals surface area contributed by atoms with Gasteiger partial charge in [0.25, 0.3) is 0 Å². The molecule has 0 bridgehead atoms. The first-order valence-electron chi connectivity index (χ1n) is 13.4. The van der Waals surface area contributed by atoms with Crippen LogP contribution >= 0.6 is 0 Å². The molecule has 8 nitrogen and oxygen atoms in total. The number of piperidine rings is 1. The van der Waals surface area contributed by atoms with Gasteiger partial charge < -0.3 is 25.4 Å². The third-order valence-electron chi connectivity index (χ3n) is 7.08. The second kappa shape index (κ2) is 12.7. The minimum Gasteiger partial charge on any atom is -0.496 e. The molecule has 4 aromatic rings. The van der Waals surface area contributed by atoms with Crippen molar-refractivity contribution in [1.29, 1.82) is 0 Å². The topological polar surface area (TPSA) is 102 Å². The lowest BCUT2D eigenvalue weighted by Gasteiger charge is -2.23. The molecule has 1 aliphatic rings. The predicted octanol–water partition coefficient (Wildman–Crippen LogP) is 5.11. The highest BCUT2D eigenvalue weighted by molar-refractivity contribution is 6.39. The Bertz CT molecular complexity index is 1570. The summed E-state index contributed by atoms with van der Waals surface area (Å²) in [4.78, 5) is 28.9. The van der Waals surface area contributed by atoms with E-state index in [2.05, 4.69) is 20.9 Å². The molecule has 0 saturated carbocycles. The van der Waals surface area contributed by atoms with Gasteiger partial charge in [-0.3, -0.25) is 14.6 Å². The van der Waals surface area contributed by atoms with Crippen LogP contribution in [0.2, 0.25) is 0 Å². The molecule has 1 fully saturated rings. The van der Waals surface area contributed by atoms with Crippen LogP contribution in [0.5, 0.6) is 17.2 Å². The van der Waals surface area contributed by atoms with Crippen LogP contribution in [0.1, 0.15) is 24.0 Å². The number of fused-ring (bicyclic) bond motifs is 1. The van der Waals surface area contributed by atoms with E-state index >= 15 is 4.39 Å². The van der Waals surface area contributed by atoms with Crippen molar-refractivity contribution in [3.63, 3.8) is 0 Å². The summed E-state index contributed by atoms with van der Waals surface area (Å²) in [6, 6.07) is 15.2. The molecular formula is C31H30F2N4O4. The Morgan fingerprint density at radius 2 is 1.73 bits per heavy atom. The zero-order valence-corrected chi connectivity index (χ0v) is 22.5. The first kappa shape index (κ1) is 28.0. The van der Waals surface area contributed by atoms with Gasteiger partial charge in [-0.25, -0.2) is 8.78 Å². The summed E-state index contributed by atoms with van der Waals surface area (Å²) in [5, 5.41) is 8.73. The maximum atomic E-state index is 15.0. The SMILES string of the molecule is COc1cc2c(Oc3ccc(NC(=O)C(=O)NCc4ccccc4F)cc3F)ccnc2cc1CC1CCNCC1. The van der Waals surface area contributed by atoms with Crippen molar-refractivity contribution in [1.82, 2.24) is 15.6 Å². The van der Waals surface area contributed by atoms with Crippen LogP contribution in [0.3, 0.4) is 0 Å². The highest BCUT2D eigenvalue weighted by Gasteiger charge is 2.19. The number of halogens is 2. The number of aromatic nitrogens is 1. The quantitative estimate of drug-likeness (QED) is 0.259. The predicted molar refractivity (Wildman–Crippen MR) is 151 cm³/mol. The Balaban J connectivity index is 1.27. The number of rotatable bonds is 8. The lowest BCUT2D eigenvalue weighted by molar-refractivity contribution is -0.136. The van der Waals surface area contributed by atoms with Crippen molar-refractivity contribution < 1.29 is 27.8 Å². The number of ether oxygens (including phenoxy) is 2. The standard InChI is InChI=1S/C31H30F2N4O4/c1-40-29-17-23-26(15-21(29)14-19-8-11-34-12-9-19)35-13-10-27(23)41-28-7-6-22(16-25(28)33)37-31(39)30(38)36-18-20-4-2-3-5-24(20)32/h2-7,10,13,15-17,19,34H,8-9,11-12,14,18H2,1H3,(H,36,38)(H,37,39). The number of hydrogen-bond acceptors (Lipinski definition) is 6. The number of methoxy groups -OCH3 is 1. The van der Waals surface area contributed by atoms with Gasteiger partial charge >= 0.3 is 11.8 Å². The smallest absolute Gasteiger partial charge is 0.313 e. The first-order valence-corrected chi connectivity index (χ1v) is 13.4. The van der Waals surface area contributed by atoms with Crippen molar-refractivity contribution in [2.45, 2.75) is 25.8 Å². The molecule has 3 N–H and O–H groups in total. The molecule has 41 heavy (non-hydrogen) atoms. The van der Waals surface area contributed by atoms with E-state index < -0.39 is 23.4 Å². The average Bonchev–Trinajstić information content (AvgIpc) is 2.98. The minimum atomic E-state index is -1.01. The number of amides is 2. The van der Waals surface area contributed by atoms with Crippen molar-refractivity contribution in [3.8, 4) is 17.2 Å². The highest BCUT2D eigenvalue weighted by Crippen LogP contribution is 2.36. The maximum absolute atomic E-state index is 15.0. The third-order valence-corrected chi connectivity index (χ3v) is 7.08. The molecule has 1 saturated heterocycles. The van der Waals surface area contributed by atoms with Gasteiger partial charge in [0, 0.05) is 35.4 Å². The lowest BCUT2D eigenvalue weighted by Crippen LogP contribution is -2.35. The summed E-state index contributed by atoms with van der Waals surface area (Å²) in [7, 11) is 1.62. The Morgan fingerprint density at radius 1 is 0.927 bits per heavy atom. The number of pyridine rings is 1. The molecule has 0 radical (unpaired) electrons. The molecule has 2 heterocycles. The number of nitrogens with one attached hydrogen (secondary N) is 3. The van der Waals surface area contributed by atoms with Crippen LogP contribution in [-0.2, 0) is 22.6 Å². The van der Waals surface area contributed by atoms with Gasteiger partial charge in [0.05, 0.1) is 12.6 Å². The normalized spacial score (nSPS) is 13.5. The fourth-order valence-corrected chi connectivity index (χ4v) is 4.89. The molecule has 3 aromatic carbocycles. The molecular weight excluding hydrogens is 530 g/mol. The monoisotopic (exact) mass is 560 g/mol. The average molecular weight is 561 g/mol. The van der Waals surface area contributed by atoms with Crippen molar-refractivity contribution in [2.75, 3.05) is 25.5 Å². The molecule has 0 unspecified atom stereocenters. The highest BCUT2D eigenvalue weighted by atomic mass is 19.1. The van der Waals surface area contributed by atoms with Crippen molar-refractivity contribution >= 4 is 28.4 Å². The van der Waals surface area contributed by atoms with E-state index in [9.17, 15) is 14.0 Å². The van der Waals surface area contributed by atoms with E-state index in [1.165, 1.54) is 30.3 Å². The second-order valence-corrected chi connectivity index (χ2v) is 9.86. The number of carbonyl (C=O) groups is 2. The van der Waals surface area contributed by atoms with E-state index in [1.54, 1.807) is 25.4 Å². The second-order valence-electron chi connectivity index (χ2n) is 9.86. The number of carbonyl (C=O) groups excluding carboxylic acids is 2.